The van der Waals surface area contributed by atoms with E-state index in [1.54, 1.807) is 16.0 Å². The van der Waals surface area contributed by atoms with E-state index in [1.807, 2.05) is 89.3 Å². The topological polar surface area (TPSA) is 47.4 Å². The predicted octanol–water partition coefficient (Wildman–Crippen LogP) is 4.81. The average Bonchev–Trinajstić information content (AvgIpc) is 3.50. The van der Waals surface area contributed by atoms with E-state index in [-0.39, 0.29) is 12.0 Å². The molecule has 150 valence electrons. The van der Waals surface area contributed by atoms with Gasteiger partial charge in [-0.25, -0.2) is 4.68 Å². The number of rotatable bonds is 4. The van der Waals surface area contributed by atoms with E-state index >= 15 is 0 Å². The number of para-hydroxylation sites is 1. The largest absolute Gasteiger partial charge is 0.370 e. The smallest absolute Gasteiger partial charge is 0.257 e. The molecule has 5 rings (SSSR count). The number of ether oxygens (including phenoxy) is 1. The van der Waals surface area contributed by atoms with Gasteiger partial charge in [-0.3, -0.25) is 4.79 Å². The van der Waals surface area contributed by atoms with Crippen molar-refractivity contribution in [2.45, 2.75) is 6.10 Å². The van der Waals surface area contributed by atoms with Crippen molar-refractivity contribution in [2.75, 3.05) is 19.7 Å². The van der Waals surface area contributed by atoms with E-state index in [2.05, 4.69) is 0 Å². The Morgan fingerprint density at radius 2 is 1.77 bits per heavy atom. The van der Waals surface area contributed by atoms with Crippen LogP contribution >= 0.6 is 11.3 Å². The summed E-state index contributed by atoms with van der Waals surface area (Å²) in [5, 5.41) is 6.77. The van der Waals surface area contributed by atoms with Crippen LogP contribution in [0.5, 0.6) is 0 Å². The van der Waals surface area contributed by atoms with Gasteiger partial charge in [0.25, 0.3) is 5.91 Å². The molecular weight excluding hydrogens is 394 g/mol. The minimum absolute atomic E-state index is 0.00943. The molecule has 2 aromatic heterocycles. The number of morpholine rings is 1. The number of amides is 1. The van der Waals surface area contributed by atoms with Gasteiger partial charge in [-0.2, -0.15) is 5.10 Å². The summed E-state index contributed by atoms with van der Waals surface area (Å²) in [6, 6.07) is 23.9. The van der Waals surface area contributed by atoms with Crippen molar-refractivity contribution < 1.29 is 9.53 Å². The number of aromatic nitrogens is 2. The highest BCUT2D eigenvalue weighted by molar-refractivity contribution is 7.13. The van der Waals surface area contributed by atoms with Gasteiger partial charge >= 0.3 is 0 Å². The van der Waals surface area contributed by atoms with E-state index in [0.29, 0.717) is 25.3 Å². The fourth-order valence-electron chi connectivity index (χ4n) is 3.71. The summed E-state index contributed by atoms with van der Waals surface area (Å²) in [6.07, 6.45) is 1.73. The Hall–Kier alpha value is -3.22. The van der Waals surface area contributed by atoms with Crippen LogP contribution in [0.3, 0.4) is 0 Å². The van der Waals surface area contributed by atoms with Crippen LogP contribution in [0.1, 0.15) is 22.0 Å². The second-order valence-electron chi connectivity index (χ2n) is 7.17. The quantitative estimate of drug-likeness (QED) is 0.480. The van der Waals surface area contributed by atoms with Crippen LogP contribution in [0, 0.1) is 0 Å². The minimum Gasteiger partial charge on any atom is -0.370 e. The van der Waals surface area contributed by atoms with Gasteiger partial charge in [-0.05, 0) is 29.1 Å². The van der Waals surface area contributed by atoms with Crippen molar-refractivity contribution in [3.05, 3.63) is 95.5 Å². The lowest BCUT2D eigenvalue weighted by Gasteiger charge is -2.33. The molecule has 3 heterocycles. The van der Waals surface area contributed by atoms with Crippen molar-refractivity contribution in [2.24, 2.45) is 0 Å². The van der Waals surface area contributed by atoms with Crippen LogP contribution < -0.4 is 0 Å². The van der Waals surface area contributed by atoms with Gasteiger partial charge in [0.2, 0.25) is 0 Å². The molecule has 0 aliphatic carbocycles. The number of carbonyl (C=O) groups excluding carboxylic acids is 1. The Bertz CT molecular complexity index is 1120. The third-order valence-corrected chi connectivity index (χ3v) is 6.12. The maximum absolute atomic E-state index is 13.6. The summed E-state index contributed by atoms with van der Waals surface area (Å²) in [6.45, 7) is 1.62. The van der Waals surface area contributed by atoms with Crippen LogP contribution in [0.15, 0.2) is 84.4 Å². The van der Waals surface area contributed by atoms with Gasteiger partial charge in [0.1, 0.15) is 11.8 Å². The molecule has 1 aliphatic rings. The van der Waals surface area contributed by atoms with Crippen molar-refractivity contribution in [1.82, 2.24) is 14.7 Å². The Labute approximate surface area is 179 Å². The van der Waals surface area contributed by atoms with Gasteiger partial charge in [-0.1, -0.05) is 54.6 Å². The summed E-state index contributed by atoms with van der Waals surface area (Å²) in [4.78, 5) is 16.4. The van der Waals surface area contributed by atoms with Crippen LogP contribution in [-0.4, -0.2) is 40.3 Å². The fraction of sp³-hybridized carbons (Fsp3) is 0.167. The fourth-order valence-corrected chi connectivity index (χ4v) is 4.44. The first-order valence-corrected chi connectivity index (χ1v) is 10.8. The Balaban J connectivity index is 1.48. The molecule has 1 amide bonds. The van der Waals surface area contributed by atoms with Crippen molar-refractivity contribution in [1.29, 1.82) is 0 Å². The zero-order chi connectivity index (χ0) is 20.3. The molecule has 6 heteroatoms. The Morgan fingerprint density at radius 1 is 1.00 bits per heavy atom. The molecule has 1 aliphatic heterocycles. The molecule has 4 aromatic rings. The first-order chi connectivity index (χ1) is 14.8. The standard InChI is InChI=1S/C24H21N3O2S/c28-24(26-13-14-29-21(17-26)18-8-3-1-4-9-18)20-16-27(19-10-5-2-6-11-19)25-23(20)22-12-7-15-30-22/h1-12,15-16,21H,13-14,17H2/t21-/m0/s1. The number of carbonyl (C=O) groups is 1. The third kappa shape index (κ3) is 3.67. The molecule has 1 saturated heterocycles. The summed E-state index contributed by atoms with van der Waals surface area (Å²) in [5.41, 5.74) is 3.36. The highest BCUT2D eigenvalue weighted by Gasteiger charge is 2.29. The van der Waals surface area contributed by atoms with Crippen LogP contribution in [0.4, 0.5) is 0 Å². The lowest BCUT2D eigenvalue weighted by molar-refractivity contribution is -0.0228. The van der Waals surface area contributed by atoms with Gasteiger partial charge in [0, 0.05) is 12.7 Å². The van der Waals surface area contributed by atoms with E-state index < -0.39 is 0 Å². The second-order valence-corrected chi connectivity index (χ2v) is 8.12. The number of hydrogen-bond acceptors (Lipinski definition) is 4. The monoisotopic (exact) mass is 415 g/mol. The van der Waals surface area contributed by atoms with E-state index in [1.165, 1.54) is 0 Å². The van der Waals surface area contributed by atoms with Gasteiger partial charge in [0.15, 0.2) is 0 Å². The zero-order valence-corrected chi connectivity index (χ0v) is 17.2. The number of thiophene rings is 1. The third-order valence-electron chi connectivity index (χ3n) is 5.24. The van der Waals surface area contributed by atoms with Crippen molar-refractivity contribution in [3.8, 4) is 16.3 Å². The normalized spacial score (nSPS) is 16.5. The zero-order valence-electron chi connectivity index (χ0n) is 16.3. The van der Waals surface area contributed by atoms with E-state index in [9.17, 15) is 4.79 Å². The molecule has 0 saturated carbocycles. The minimum atomic E-state index is -0.113. The van der Waals surface area contributed by atoms with Crippen molar-refractivity contribution >= 4 is 17.2 Å². The highest BCUT2D eigenvalue weighted by Crippen LogP contribution is 2.30. The van der Waals surface area contributed by atoms with E-state index in [0.717, 1.165) is 21.8 Å². The highest BCUT2D eigenvalue weighted by atomic mass is 32.1. The summed E-state index contributed by atoms with van der Waals surface area (Å²) < 4.78 is 7.73. The lowest BCUT2D eigenvalue weighted by atomic mass is 10.1. The molecule has 30 heavy (non-hydrogen) atoms. The molecular formula is C24H21N3O2S. The second kappa shape index (κ2) is 8.26. The van der Waals surface area contributed by atoms with Crippen molar-refractivity contribution in [3.63, 3.8) is 0 Å². The van der Waals surface area contributed by atoms with Gasteiger partial charge < -0.3 is 9.64 Å². The number of nitrogens with zero attached hydrogens (tertiary/aromatic N) is 3. The van der Waals surface area contributed by atoms with Crippen LogP contribution in [-0.2, 0) is 4.74 Å². The lowest BCUT2D eigenvalue weighted by Crippen LogP contribution is -2.42. The van der Waals surface area contributed by atoms with Gasteiger partial charge in [-0.15, -0.1) is 11.3 Å². The van der Waals surface area contributed by atoms with E-state index in [4.69, 9.17) is 9.84 Å². The molecule has 0 unspecified atom stereocenters. The first-order valence-electron chi connectivity index (χ1n) is 9.94. The number of hydrogen-bond donors (Lipinski definition) is 0. The molecule has 0 spiro atoms. The molecule has 1 atom stereocenters. The predicted molar refractivity (Wildman–Crippen MR) is 118 cm³/mol. The van der Waals surface area contributed by atoms with Crippen LogP contribution in [0.2, 0.25) is 0 Å². The Kier molecular flexibility index (Phi) is 5.17. The maximum Gasteiger partial charge on any atom is 0.257 e. The SMILES string of the molecule is O=C(c1cn(-c2ccccc2)nc1-c1cccs1)N1CCO[C@H](c2ccccc2)C1. The molecule has 0 radical (unpaired) electrons. The molecule has 2 aromatic carbocycles. The average molecular weight is 416 g/mol. The van der Waals surface area contributed by atoms with Crippen LogP contribution in [0.25, 0.3) is 16.3 Å². The summed E-state index contributed by atoms with van der Waals surface area (Å²) in [7, 11) is 0. The maximum atomic E-state index is 13.6. The first kappa shape index (κ1) is 18.8. The summed E-state index contributed by atoms with van der Waals surface area (Å²) in [5.74, 6) is -0.00943. The van der Waals surface area contributed by atoms with Gasteiger partial charge in [0.05, 0.1) is 29.3 Å². The Morgan fingerprint density at radius 3 is 2.50 bits per heavy atom. The summed E-state index contributed by atoms with van der Waals surface area (Å²) >= 11 is 1.59. The molecule has 0 bridgehead atoms. The molecule has 5 nitrogen and oxygen atoms in total. The molecule has 1 fully saturated rings. The number of benzene rings is 2. The molecule has 0 N–H and O–H groups in total.